The largest absolute Gasteiger partial charge is 0.497 e. The van der Waals surface area contributed by atoms with Crippen molar-refractivity contribution in [1.29, 1.82) is 0 Å². The van der Waals surface area contributed by atoms with Crippen LogP contribution in [0.25, 0.3) is 0 Å². The summed E-state index contributed by atoms with van der Waals surface area (Å²) in [7, 11) is 5.24. The number of hydrogen-bond acceptors (Lipinski definition) is 1. The molecular weight excluding hydrogens is 164 g/mol. The Bertz CT molecular complexity index is 305. The molecule has 0 aromatic heterocycles. The number of methoxy groups -OCH3 is 1. The molecule has 1 nitrogen and oxygen atoms in total. The molecule has 1 rings (SSSR count). The number of hydrogen-bond donors (Lipinski definition) is 0. The molecule has 0 aliphatic carbocycles. The van der Waals surface area contributed by atoms with Gasteiger partial charge < -0.3 is 4.74 Å². The highest BCUT2D eigenvalue weighted by molar-refractivity contribution is 6.35. The Balaban J connectivity index is 3.39. The fraction of sp³-hybridized carbons (Fsp3) is 0.400. The second-order valence-corrected chi connectivity index (χ2v) is 3.52. The van der Waals surface area contributed by atoms with Gasteiger partial charge in [-0.25, -0.2) is 0 Å². The minimum atomic E-state index is 0.910. The van der Waals surface area contributed by atoms with Crippen LogP contribution in [-0.4, -0.2) is 17.4 Å². The van der Waals surface area contributed by atoms with Gasteiger partial charge in [0.05, 0.1) is 17.4 Å². The minimum absolute atomic E-state index is 0.910. The summed E-state index contributed by atoms with van der Waals surface area (Å²) in [6.07, 6.45) is 0. The van der Waals surface area contributed by atoms with Crippen LogP contribution in [-0.2, 0) is 0 Å². The number of benzene rings is 1. The molecule has 1 aromatic rings. The van der Waals surface area contributed by atoms with Gasteiger partial charge in [-0.05, 0) is 48.7 Å². The van der Waals surface area contributed by atoms with Gasteiger partial charge in [0, 0.05) is 0 Å². The molecule has 12 heavy (non-hydrogen) atoms. The maximum Gasteiger partial charge on any atom is 0.117 e. The van der Waals surface area contributed by atoms with Gasteiger partial charge in [-0.15, -0.1) is 0 Å². The Kier molecular flexibility index (Phi) is 2.57. The van der Waals surface area contributed by atoms with Crippen molar-refractivity contribution in [2.24, 2.45) is 0 Å². The highest BCUT2D eigenvalue weighted by Crippen LogP contribution is 2.17. The van der Waals surface area contributed by atoms with Gasteiger partial charge in [0.1, 0.15) is 5.75 Å². The quantitative estimate of drug-likeness (QED) is 0.589. The molecular formula is C10H13OSi. The predicted octanol–water partition coefficient (Wildman–Crippen LogP) is 1.41. The molecule has 63 valence electrons. The topological polar surface area (TPSA) is 9.23 Å². The lowest BCUT2D eigenvalue weighted by Crippen LogP contribution is -2.13. The van der Waals surface area contributed by atoms with Crippen LogP contribution in [0.4, 0.5) is 0 Å². The van der Waals surface area contributed by atoms with E-state index in [2.05, 4.69) is 31.0 Å². The van der Waals surface area contributed by atoms with E-state index in [0.717, 1.165) is 10.9 Å². The van der Waals surface area contributed by atoms with Gasteiger partial charge in [0.25, 0.3) is 0 Å². The maximum absolute atomic E-state index is 5.21. The lowest BCUT2D eigenvalue weighted by Gasteiger charge is -2.12. The molecule has 0 atom stereocenters. The molecule has 0 saturated carbocycles. The number of aryl methyl sites for hydroxylation is 1. The Labute approximate surface area is 77.2 Å². The van der Waals surface area contributed by atoms with E-state index >= 15 is 0 Å². The summed E-state index contributed by atoms with van der Waals surface area (Å²) in [5.41, 5.74) is 3.84. The van der Waals surface area contributed by atoms with E-state index in [1.54, 1.807) is 7.11 Å². The molecule has 0 heterocycles. The first-order chi connectivity index (χ1) is 5.57. The smallest absolute Gasteiger partial charge is 0.117 e. The van der Waals surface area contributed by atoms with E-state index in [9.17, 15) is 0 Å². The first-order valence-electron chi connectivity index (χ1n) is 3.94. The molecule has 0 aliphatic heterocycles. The fourth-order valence-electron chi connectivity index (χ4n) is 1.21. The Hall–Kier alpha value is -0.763. The van der Waals surface area contributed by atoms with Crippen LogP contribution in [0.3, 0.4) is 0 Å². The van der Waals surface area contributed by atoms with Gasteiger partial charge in [0.15, 0.2) is 0 Å². The van der Waals surface area contributed by atoms with Gasteiger partial charge in [-0.2, -0.15) is 0 Å². The molecule has 0 spiro atoms. The van der Waals surface area contributed by atoms with Gasteiger partial charge in [0.2, 0.25) is 0 Å². The number of ether oxygens (including phenoxy) is 1. The van der Waals surface area contributed by atoms with E-state index < -0.39 is 0 Å². The third-order valence-corrected chi connectivity index (χ3v) is 2.96. The van der Waals surface area contributed by atoms with Crippen molar-refractivity contribution >= 4 is 15.4 Å². The zero-order chi connectivity index (χ0) is 9.30. The van der Waals surface area contributed by atoms with Crippen molar-refractivity contribution in [3.05, 3.63) is 22.8 Å². The van der Waals surface area contributed by atoms with Crippen LogP contribution in [0.15, 0.2) is 6.07 Å². The van der Waals surface area contributed by atoms with Crippen molar-refractivity contribution in [2.75, 3.05) is 7.11 Å². The maximum atomic E-state index is 5.21. The zero-order valence-electron chi connectivity index (χ0n) is 7.99. The van der Waals surface area contributed by atoms with Crippen molar-refractivity contribution in [3.63, 3.8) is 0 Å². The average Bonchev–Trinajstić information content (AvgIpc) is 2.08. The lowest BCUT2D eigenvalue weighted by molar-refractivity contribution is 0.417. The Morgan fingerprint density at radius 2 is 1.75 bits per heavy atom. The summed E-state index contributed by atoms with van der Waals surface area (Å²) in [5, 5.41) is 1.06. The number of rotatable bonds is 1. The van der Waals surface area contributed by atoms with Crippen LogP contribution < -0.4 is 9.92 Å². The van der Waals surface area contributed by atoms with Gasteiger partial charge in [-0.3, -0.25) is 0 Å². The second-order valence-electron chi connectivity index (χ2n) is 3.02. The minimum Gasteiger partial charge on any atom is -0.497 e. The van der Waals surface area contributed by atoms with Gasteiger partial charge >= 0.3 is 0 Å². The van der Waals surface area contributed by atoms with E-state index in [-0.39, 0.29) is 0 Å². The van der Waals surface area contributed by atoms with Crippen LogP contribution in [0.5, 0.6) is 5.75 Å². The standard InChI is InChI=1S/C10H13OSi/c1-6-5-9(11-4)10(12)8(3)7(6)2/h5H,1-4H3. The average molecular weight is 177 g/mol. The van der Waals surface area contributed by atoms with E-state index in [0.29, 0.717) is 0 Å². The Morgan fingerprint density at radius 1 is 1.17 bits per heavy atom. The van der Waals surface area contributed by atoms with Crippen LogP contribution in [0.1, 0.15) is 16.7 Å². The van der Waals surface area contributed by atoms with Crippen molar-refractivity contribution in [2.45, 2.75) is 20.8 Å². The summed E-state index contributed by atoms with van der Waals surface area (Å²) in [5.74, 6) is 0.910. The molecule has 2 heteroatoms. The second kappa shape index (κ2) is 3.31. The summed E-state index contributed by atoms with van der Waals surface area (Å²) in [6, 6.07) is 2.05. The Morgan fingerprint density at radius 3 is 2.25 bits per heavy atom. The normalized spacial score (nSPS) is 10.1. The summed E-state index contributed by atoms with van der Waals surface area (Å²) >= 11 is 0. The third kappa shape index (κ3) is 1.39. The molecule has 0 fully saturated rings. The molecule has 0 saturated heterocycles. The summed E-state index contributed by atoms with van der Waals surface area (Å²) in [4.78, 5) is 0. The predicted molar refractivity (Wildman–Crippen MR) is 52.6 cm³/mol. The van der Waals surface area contributed by atoms with E-state index in [4.69, 9.17) is 4.74 Å². The highest BCUT2D eigenvalue weighted by atomic mass is 28.1. The fourth-order valence-corrected chi connectivity index (χ4v) is 1.57. The van der Waals surface area contributed by atoms with E-state index in [1.165, 1.54) is 16.7 Å². The molecule has 0 bridgehead atoms. The van der Waals surface area contributed by atoms with Crippen LogP contribution >= 0.6 is 0 Å². The molecule has 0 unspecified atom stereocenters. The first-order valence-corrected chi connectivity index (χ1v) is 4.44. The van der Waals surface area contributed by atoms with Crippen molar-refractivity contribution in [3.8, 4) is 5.75 Å². The molecule has 0 N–H and O–H groups in total. The van der Waals surface area contributed by atoms with E-state index in [1.807, 2.05) is 6.07 Å². The van der Waals surface area contributed by atoms with Crippen molar-refractivity contribution in [1.82, 2.24) is 0 Å². The SMILES string of the molecule is COc1cc(C)c(C)c(C)c1[Si]. The van der Waals surface area contributed by atoms with Crippen LogP contribution in [0, 0.1) is 20.8 Å². The monoisotopic (exact) mass is 177 g/mol. The molecule has 1 aromatic carbocycles. The summed E-state index contributed by atoms with van der Waals surface area (Å²) in [6.45, 7) is 6.30. The van der Waals surface area contributed by atoms with Crippen molar-refractivity contribution < 1.29 is 4.74 Å². The van der Waals surface area contributed by atoms with Gasteiger partial charge in [-0.1, -0.05) is 0 Å². The van der Waals surface area contributed by atoms with Crippen LogP contribution in [0.2, 0.25) is 0 Å². The molecule has 0 amide bonds. The summed E-state index contributed by atoms with van der Waals surface area (Å²) < 4.78 is 5.21. The molecule has 3 radical (unpaired) electrons. The first kappa shape index (κ1) is 9.33. The lowest BCUT2D eigenvalue weighted by atomic mass is 10.0. The third-order valence-electron chi connectivity index (χ3n) is 2.34. The highest BCUT2D eigenvalue weighted by Gasteiger charge is 2.06. The zero-order valence-corrected chi connectivity index (χ0v) is 8.99. The molecule has 0 aliphatic rings.